The topological polar surface area (TPSA) is 57.6 Å². The standard InChI is InChI=1S/C17H20BrNO3/c18-14-7-8-15-13(10-14)2-1-9-19(15)16(20)11-3-5-12(6-4-11)17(21)22/h7-8,10-12H,1-6,9H2,(H,21,22). The Morgan fingerprint density at radius 1 is 1.14 bits per heavy atom. The number of hydrogen-bond donors (Lipinski definition) is 1. The first-order chi connectivity index (χ1) is 10.6. The number of hydrogen-bond acceptors (Lipinski definition) is 2. The van der Waals surface area contributed by atoms with Crippen LogP contribution < -0.4 is 4.90 Å². The molecule has 1 aromatic rings. The summed E-state index contributed by atoms with van der Waals surface area (Å²) in [6, 6.07) is 6.08. The molecule has 1 saturated carbocycles. The largest absolute Gasteiger partial charge is 0.481 e. The zero-order valence-electron chi connectivity index (χ0n) is 12.4. The maximum absolute atomic E-state index is 12.8. The molecule has 4 nitrogen and oxygen atoms in total. The molecule has 1 amide bonds. The number of carboxylic acids is 1. The van der Waals surface area contributed by atoms with E-state index in [4.69, 9.17) is 5.11 Å². The molecule has 1 aliphatic heterocycles. The van der Waals surface area contributed by atoms with Crippen LogP contribution in [-0.4, -0.2) is 23.5 Å². The number of fused-ring (bicyclic) bond motifs is 1. The van der Waals surface area contributed by atoms with E-state index < -0.39 is 5.97 Å². The molecule has 3 rings (SSSR count). The summed E-state index contributed by atoms with van der Waals surface area (Å²) in [5, 5.41) is 9.07. The average molecular weight is 366 g/mol. The van der Waals surface area contributed by atoms with E-state index in [0.717, 1.165) is 29.5 Å². The number of aryl methyl sites for hydroxylation is 1. The van der Waals surface area contributed by atoms with Gasteiger partial charge in [0.05, 0.1) is 5.92 Å². The molecule has 0 spiro atoms. The third-order valence-corrected chi connectivity index (χ3v) is 5.35. The molecule has 22 heavy (non-hydrogen) atoms. The quantitative estimate of drug-likeness (QED) is 0.870. The SMILES string of the molecule is O=C(O)C1CCC(C(=O)N2CCCc3cc(Br)ccc32)CC1. The van der Waals surface area contributed by atoms with Gasteiger partial charge in [0.15, 0.2) is 0 Å². The van der Waals surface area contributed by atoms with Crippen LogP contribution in [0.1, 0.15) is 37.7 Å². The average Bonchev–Trinajstić information content (AvgIpc) is 2.53. The molecule has 0 aromatic heterocycles. The summed E-state index contributed by atoms with van der Waals surface area (Å²) < 4.78 is 1.04. The molecular weight excluding hydrogens is 346 g/mol. The van der Waals surface area contributed by atoms with E-state index in [1.165, 1.54) is 5.56 Å². The zero-order valence-corrected chi connectivity index (χ0v) is 14.0. The Kier molecular flexibility index (Phi) is 4.52. The van der Waals surface area contributed by atoms with Gasteiger partial charge in [0.1, 0.15) is 0 Å². The van der Waals surface area contributed by atoms with Crippen molar-refractivity contribution < 1.29 is 14.7 Å². The summed E-state index contributed by atoms with van der Waals surface area (Å²) >= 11 is 3.49. The van der Waals surface area contributed by atoms with E-state index in [1.807, 2.05) is 17.0 Å². The molecule has 1 N–H and O–H groups in total. The van der Waals surface area contributed by atoms with Crippen molar-refractivity contribution in [1.82, 2.24) is 0 Å². The molecule has 0 bridgehead atoms. The second-order valence-electron chi connectivity index (χ2n) is 6.25. The minimum absolute atomic E-state index is 0.0230. The van der Waals surface area contributed by atoms with Crippen molar-refractivity contribution in [3.63, 3.8) is 0 Å². The predicted octanol–water partition coefficient (Wildman–Crippen LogP) is 3.62. The lowest BCUT2D eigenvalue weighted by Gasteiger charge is -2.34. The molecule has 0 radical (unpaired) electrons. The number of aliphatic carboxylic acids is 1. The lowest BCUT2D eigenvalue weighted by atomic mass is 9.81. The number of carbonyl (C=O) groups is 2. The number of halogens is 1. The van der Waals surface area contributed by atoms with Crippen molar-refractivity contribution >= 4 is 33.5 Å². The smallest absolute Gasteiger partial charge is 0.306 e. The van der Waals surface area contributed by atoms with Crippen LogP contribution >= 0.6 is 15.9 Å². The predicted molar refractivity (Wildman–Crippen MR) is 87.9 cm³/mol. The number of carbonyl (C=O) groups excluding carboxylic acids is 1. The van der Waals surface area contributed by atoms with Crippen molar-refractivity contribution in [2.24, 2.45) is 11.8 Å². The van der Waals surface area contributed by atoms with Gasteiger partial charge < -0.3 is 10.0 Å². The van der Waals surface area contributed by atoms with Crippen LogP contribution in [0.5, 0.6) is 0 Å². The monoisotopic (exact) mass is 365 g/mol. The number of benzene rings is 1. The Morgan fingerprint density at radius 2 is 1.82 bits per heavy atom. The maximum atomic E-state index is 12.8. The van der Waals surface area contributed by atoms with Gasteiger partial charge in [-0.15, -0.1) is 0 Å². The van der Waals surface area contributed by atoms with Crippen LogP contribution in [0.4, 0.5) is 5.69 Å². The zero-order chi connectivity index (χ0) is 15.7. The van der Waals surface area contributed by atoms with E-state index in [-0.39, 0.29) is 17.7 Å². The minimum atomic E-state index is -0.723. The molecule has 0 saturated heterocycles. The Labute approximate surface area is 138 Å². The van der Waals surface area contributed by atoms with Gasteiger partial charge in [-0.2, -0.15) is 0 Å². The Balaban J connectivity index is 1.73. The van der Waals surface area contributed by atoms with Crippen molar-refractivity contribution in [3.8, 4) is 0 Å². The molecule has 0 unspecified atom stereocenters. The van der Waals surface area contributed by atoms with Crippen LogP contribution in [0.3, 0.4) is 0 Å². The summed E-state index contributed by atoms with van der Waals surface area (Å²) in [5.74, 6) is -0.843. The van der Waals surface area contributed by atoms with E-state index in [2.05, 4.69) is 22.0 Å². The molecule has 1 heterocycles. The Morgan fingerprint density at radius 3 is 2.50 bits per heavy atom. The van der Waals surface area contributed by atoms with Crippen LogP contribution in [0, 0.1) is 11.8 Å². The minimum Gasteiger partial charge on any atom is -0.481 e. The first kappa shape index (κ1) is 15.5. The molecule has 1 aliphatic carbocycles. The van der Waals surface area contributed by atoms with Crippen molar-refractivity contribution in [1.29, 1.82) is 0 Å². The van der Waals surface area contributed by atoms with Gasteiger partial charge in [0, 0.05) is 22.6 Å². The fraction of sp³-hybridized carbons (Fsp3) is 0.529. The van der Waals surface area contributed by atoms with Gasteiger partial charge in [-0.25, -0.2) is 0 Å². The highest BCUT2D eigenvalue weighted by atomic mass is 79.9. The second-order valence-corrected chi connectivity index (χ2v) is 7.17. The van der Waals surface area contributed by atoms with Crippen molar-refractivity contribution in [3.05, 3.63) is 28.2 Å². The molecule has 5 heteroatoms. The van der Waals surface area contributed by atoms with Gasteiger partial charge in [0.2, 0.25) is 5.91 Å². The first-order valence-electron chi connectivity index (χ1n) is 7.89. The van der Waals surface area contributed by atoms with E-state index in [9.17, 15) is 9.59 Å². The summed E-state index contributed by atoms with van der Waals surface area (Å²) in [6.45, 7) is 0.770. The highest BCUT2D eigenvalue weighted by Crippen LogP contribution is 2.35. The third-order valence-electron chi connectivity index (χ3n) is 4.85. The summed E-state index contributed by atoms with van der Waals surface area (Å²) in [5.41, 5.74) is 2.24. The van der Waals surface area contributed by atoms with Crippen LogP contribution in [0.2, 0.25) is 0 Å². The molecule has 118 valence electrons. The number of rotatable bonds is 2. The number of nitrogens with zero attached hydrogens (tertiary/aromatic N) is 1. The summed E-state index contributed by atoms with van der Waals surface area (Å²) in [4.78, 5) is 25.8. The molecule has 1 fully saturated rings. The Hall–Kier alpha value is -1.36. The lowest BCUT2D eigenvalue weighted by Crippen LogP contribution is -2.41. The number of amides is 1. The molecule has 0 atom stereocenters. The van der Waals surface area contributed by atoms with E-state index >= 15 is 0 Å². The number of anilines is 1. The van der Waals surface area contributed by atoms with E-state index in [0.29, 0.717) is 25.7 Å². The summed E-state index contributed by atoms with van der Waals surface area (Å²) in [7, 11) is 0. The Bertz CT molecular complexity index is 594. The number of carboxylic acid groups (broad SMARTS) is 1. The maximum Gasteiger partial charge on any atom is 0.306 e. The lowest BCUT2D eigenvalue weighted by molar-refractivity contribution is -0.144. The first-order valence-corrected chi connectivity index (χ1v) is 8.68. The van der Waals surface area contributed by atoms with Crippen LogP contribution in [-0.2, 0) is 16.0 Å². The highest BCUT2D eigenvalue weighted by Gasteiger charge is 2.33. The molecule has 2 aliphatic rings. The van der Waals surface area contributed by atoms with Crippen molar-refractivity contribution in [2.45, 2.75) is 38.5 Å². The second kappa shape index (κ2) is 6.41. The van der Waals surface area contributed by atoms with Crippen LogP contribution in [0.25, 0.3) is 0 Å². The highest BCUT2D eigenvalue weighted by molar-refractivity contribution is 9.10. The van der Waals surface area contributed by atoms with Gasteiger partial charge in [-0.05, 0) is 62.3 Å². The van der Waals surface area contributed by atoms with Gasteiger partial charge >= 0.3 is 5.97 Å². The fourth-order valence-corrected chi connectivity index (χ4v) is 4.01. The normalized spacial score (nSPS) is 24.7. The van der Waals surface area contributed by atoms with E-state index in [1.54, 1.807) is 0 Å². The summed E-state index contributed by atoms with van der Waals surface area (Å²) in [6.07, 6.45) is 4.61. The molecular formula is C17H20BrNO3. The third kappa shape index (κ3) is 3.05. The molecule has 1 aromatic carbocycles. The van der Waals surface area contributed by atoms with Gasteiger partial charge in [0.25, 0.3) is 0 Å². The van der Waals surface area contributed by atoms with Crippen LogP contribution in [0.15, 0.2) is 22.7 Å². The van der Waals surface area contributed by atoms with Gasteiger partial charge in [-0.1, -0.05) is 15.9 Å². The van der Waals surface area contributed by atoms with Gasteiger partial charge in [-0.3, -0.25) is 9.59 Å². The van der Waals surface area contributed by atoms with Crippen molar-refractivity contribution in [2.75, 3.05) is 11.4 Å². The fourth-order valence-electron chi connectivity index (χ4n) is 3.60.